The Hall–Kier alpha value is -1.70. The molecule has 0 heterocycles. The van der Waals surface area contributed by atoms with E-state index in [0.29, 0.717) is 41.8 Å². The minimum Gasteiger partial charge on any atom is -1.00 e. The summed E-state index contributed by atoms with van der Waals surface area (Å²) in [5, 5.41) is 0.813. The van der Waals surface area contributed by atoms with Gasteiger partial charge in [-0.25, -0.2) is 0 Å². The summed E-state index contributed by atoms with van der Waals surface area (Å²) in [5.74, 6) is 2.05. The number of hydrogen-bond donors (Lipinski definition) is 0. The van der Waals surface area contributed by atoms with Gasteiger partial charge in [-0.3, -0.25) is 4.79 Å². The standard InChI is InChI=1S/C19H23O6P.Li.H/c1-21-9-10-25-14-7-5-6-8-17(14)26-19(20)18-15(23-3)11-13(22-2)12-16(18)24-4;;/h5-8,11-12,26H,9-10H2,1-4H3;;/q;+1;-1. The Kier molecular flexibility index (Phi) is 10.3. The maximum absolute atomic E-state index is 13.0. The molecule has 0 bridgehead atoms. The molecule has 0 spiro atoms. The van der Waals surface area contributed by atoms with E-state index in [0.717, 1.165) is 5.30 Å². The number of carbonyl (C=O) groups excluding carboxylic acids is 1. The zero-order valence-corrected chi connectivity index (χ0v) is 17.3. The molecule has 2 aromatic rings. The summed E-state index contributed by atoms with van der Waals surface area (Å²) in [6.45, 7) is 0.896. The van der Waals surface area contributed by atoms with Crippen LogP contribution in [0.1, 0.15) is 11.8 Å². The second-order valence-electron chi connectivity index (χ2n) is 5.20. The van der Waals surface area contributed by atoms with Gasteiger partial charge in [-0.2, -0.15) is 0 Å². The third-order valence-electron chi connectivity index (χ3n) is 3.62. The number of hydrogen-bond acceptors (Lipinski definition) is 6. The number of rotatable bonds is 10. The van der Waals surface area contributed by atoms with E-state index in [9.17, 15) is 4.79 Å². The first kappa shape index (κ1) is 23.3. The summed E-state index contributed by atoms with van der Waals surface area (Å²) in [4.78, 5) is 13.0. The molecule has 2 aromatic carbocycles. The topological polar surface area (TPSA) is 63.2 Å². The summed E-state index contributed by atoms with van der Waals surface area (Å²) in [5.41, 5.74) is 0.282. The minimum absolute atomic E-state index is 0. The van der Waals surface area contributed by atoms with Crippen LogP contribution < -0.4 is 43.1 Å². The van der Waals surface area contributed by atoms with Gasteiger partial charge in [0.1, 0.15) is 35.2 Å². The van der Waals surface area contributed by atoms with Gasteiger partial charge in [-0.05, 0) is 14.6 Å². The van der Waals surface area contributed by atoms with E-state index in [1.807, 2.05) is 24.3 Å². The fourth-order valence-corrected chi connectivity index (χ4v) is 3.42. The van der Waals surface area contributed by atoms with E-state index in [2.05, 4.69) is 0 Å². The van der Waals surface area contributed by atoms with Crippen molar-refractivity contribution in [2.24, 2.45) is 0 Å². The van der Waals surface area contributed by atoms with Crippen molar-refractivity contribution in [3.05, 3.63) is 42.0 Å². The van der Waals surface area contributed by atoms with Gasteiger partial charge in [-0.1, -0.05) is 18.2 Å². The average Bonchev–Trinajstić information content (AvgIpc) is 2.68. The summed E-state index contributed by atoms with van der Waals surface area (Å²) in [6, 6.07) is 10.8. The van der Waals surface area contributed by atoms with Gasteiger partial charge in [0.2, 0.25) is 0 Å². The van der Waals surface area contributed by atoms with Crippen LogP contribution in [0.4, 0.5) is 0 Å². The number of methoxy groups -OCH3 is 4. The number of para-hydroxylation sites is 1. The molecule has 1 unspecified atom stereocenters. The van der Waals surface area contributed by atoms with Crippen LogP contribution in [-0.2, 0) is 4.74 Å². The Bertz CT molecular complexity index is 734. The van der Waals surface area contributed by atoms with E-state index in [1.165, 1.54) is 14.2 Å². The average molecular weight is 386 g/mol. The van der Waals surface area contributed by atoms with Crippen LogP contribution in [0, 0.1) is 0 Å². The molecular weight excluding hydrogens is 362 g/mol. The maximum atomic E-state index is 13.0. The molecule has 142 valence electrons. The number of carbonyl (C=O) groups is 1. The normalized spacial score (nSPS) is 10.4. The van der Waals surface area contributed by atoms with Gasteiger partial charge in [0.05, 0.1) is 27.9 Å². The van der Waals surface area contributed by atoms with Crippen LogP contribution in [0.5, 0.6) is 23.0 Å². The van der Waals surface area contributed by atoms with Gasteiger partial charge in [0.15, 0.2) is 5.52 Å². The van der Waals surface area contributed by atoms with Gasteiger partial charge in [-0.15, -0.1) is 0 Å². The van der Waals surface area contributed by atoms with E-state index in [1.54, 1.807) is 26.4 Å². The Labute approximate surface area is 174 Å². The van der Waals surface area contributed by atoms with Gasteiger partial charge >= 0.3 is 18.9 Å². The zero-order chi connectivity index (χ0) is 18.9. The van der Waals surface area contributed by atoms with Crippen molar-refractivity contribution < 1.29 is 48.8 Å². The maximum Gasteiger partial charge on any atom is 1.00 e. The molecule has 8 heteroatoms. The van der Waals surface area contributed by atoms with Crippen LogP contribution in [-0.4, -0.2) is 47.2 Å². The van der Waals surface area contributed by atoms with Gasteiger partial charge in [0.25, 0.3) is 0 Å². The molecule has 0 N–H and O–H groups in total. The molecule has 1 atom stereocenters. The van der Waals surface area contributed by atoms with Crippen LogP contribution in [0.15, 0.2) is 36.4 Å². The van der Waals surface area contributed by atoms with Crippen molar-refractivity contribution >= 4 is 19.4 Å². The Morgan fingerprint density at radius 3 is 2.11 bits per heavy atom. The second-order valence-corrected chi connectivity index (χ2v) is 6.44. The second kappa shape index (κ2) is 11.9. The van der Waals surface area contributed by atoms with Crippen LogP contribution in [0.25, 0.3) is 0 Å². The third kappa shape index (κ3) is 6.16. The molecule has 0 aliphatic rings. The predicted octanol–water partition coefficient (Wildman–Crippen LogP) is -0.00170. The summed E-state index contributed by atoms with van der Waals surface area (Å²) in [6.07, 6.45) is 0. The quantitative estimate of drug-likeness (QED) is 0.326. The predicted molar refractivity (Wildman–Crippen MR) is 103 cm³/mol. The monoisotopic (exact) mass is 386 g/mol. The Morgan fingerprint density at radius 1 is 0.926 bits per heavy atom. The Balaban J connectivity index is 0.00000364. The van der Waals surface area contributed by atoms with E-state index < -0.39 is 0 Å². The smallest absolute Gasteiger partial charge is 1.00 e. The largest absolute Gasteiger partial charge is 1.00 e. The number of ether oxygens (including phenoxy) is 5. The molecule has 0 aliphatic heterocycles. The number of benzene rings is 2. The van der Waals surface area contributed by atoms with E-state index in [4.69, 9.17) is 23.7 Å². The molecule has 0 fully saturated rings. The van der Waals surface area contributed by atoms with Crippen molar-refractivity contribution in [3.63, 3.8) is 0 Å². The molecule has 6 nitrogen and oxygen atoms in total. The van der Waals surface area contributed by atoms with Crippen LogP contribution in [0.3, 0.4) is 0 Å². The van der Waals surface area contributed by atoms with E-state index in [-0.39, 0.29) is 34.4 Å². The Morgan fingerprint density at radius 2 is 1.56 bits per heavy atom. The molecule has 0 aliphatic carbocycles. The van der Waals surface area contributed by atoms with Gasteiger partial charge in [0, 0.05) is 24.5 Å². The minimum atomic E-state index is -0.143. The fraction of sp³-hybridized carbons (Fsp3) is 0.316. The van der Waals surface area contributed by atoms with Crippen molar-refractivity contribution in [1.82, 2.24) is 0 Å². The van der Waals surface area contributed by atoms with Gasteiger partial charge < -0.3 is 25.1 Å². The fourth-order valence-electron chi connectivity index (χ4n) is 2.35. The molecule has 0 radical (unpaired) electrons. The van der Waals surface area contributed by atoms with E-state index >= 15 is 0 Å². The third-order valence-corrected chi connectivity index (χ3v) is 4.78. The SMILES string of the molecule is COCCOc1ccccc1PC(=O)c1c(OC)cc(OC)cc1OC.[H-].[Li+]. The molecule has 0 amide bonds. The van der Waals surface area contributed by atoms with Crippen molar-refractivity contribution in [2.45, 2.75) is 0 Å². The van der Waals surface area contributed by atoms with Crippen LogP contribution >= 0.6 is 8.58 Å². The van der Waals surface area contributed by atoms with Crippen molar-refractivity contribution in [1.29, 1.82) is 0 Å². The summed E-state index contributed by atoms with van der Waals surface area (Å²) >= 11 is 0. The molecule has 0 saturated carbocycles. The first-order valence-electron chi connectivity index (χ1n) is 7.96. The summed E-state index contributed by atoms with van der Waals surface area (Å²) in [7, 11) is 6.04. The summed E-state index contributed by atoms with van der Waals surface area (Å²) < 4.78 is 26.7. The van der Waals surface area contributed by atoms with Crippen molar-refractivity contribution in [3.8, 4) is 23.0 Å². The van der Waals surface area contributed by atoms with Crippen molar-refractivity contribution in [2.75, 3.05) is 41.7 Å². The molecule has 27 heavy (non-hydrogen) atoms. The first-order chi connectivity index (χ1) is 12.6. The zero-order valence-electron chi connectivity index (χ0n) is 17.3. The molecular formula is C19H24LiO6P. The van der Waals surface area contributed by atoms with Crippen LogP contribution in [0.2, 0.25) is 0 Å². The molecule has 0 aromatic heterocycles. The molecule has 2 rings (SSSR count). The molecule has 0 saturated heterocycles. The first-order valence-corrected chi connectivity index (χ1v) is 8.96.